The second-order valence-electron chi connectivity index (χ2n) is 8.62. The largest absolute Gasteiger partial charge is 0.381 e. The molecule has 3 nitrogen and oxygen atoms in total. The van der Waals surface area contributed by atoms with Crippen molar-refractivity contribution in [3.8, 4) is 0 Å². The van der Waals surface area contributed by atoms with Crippen LogP contribution in [0.5, 0.6) is 0 Å². The highest BCUT2D eigenvalue weighted by Crippen LogP contribution is 2.47. The molecule has 0 radical (unpaired) electrons. The molecule has 2 aliphatic rings. The molecule has 0 bridgehead atoms. The van der Waals surface area contributed by atoms with Gasteiger partial charge in [-0.1, -0.05) is 50.3 Å². The zero-order valence-corrected chi connectivity index (χ0v) is 16.8. The van der Waals surface area contributed by atoms with Crippen LogP contribution < -0.4 is 5.32 Å². The number of fused-ring (bicyclic) bond motifs is 4. The van der Waals surface area contributed by atoms with Gasteiger partial charge < -0.3 is 5.32 Å². The van der Waals surface area contributed by atoms with Crippen LogP contribution in [0.3, 0.4) is 0 Å². The number of pyridine rings is 1. The summed E-state index contributed by atoms with van der Waals surface area (Å²) in [6.45, 7) is 5.20. The van der Waals surface area contributed by atoms with Gasteiger partial charge in [-0.2, -0.15) is 0 Å². The standard InChI is InChI=1S/C26H24N2O/c1-26(2)11-3-6-21-22-9-7-18-13-19(28-16-17-5-4-12-27-15-17)8-10-20(18)25(22)24(29)14-23(21)26/h3-10,12-13,15,28H,11,14,16H2,1-2H3. The molecule has 1 N–H and O–H groups in total. The third-order valence-corrected chi connectivity index (χ3v) is 6.20. The predicted molar refractivity (Wildman–Crippen MR) is 119 cm³/mol. The third kappa shape index (κ3) is 3.07. The second-order valence-corrected chi connectivity index (χ2v) is 8.62. The Morgan fingerprint density at radius 2 is 2.03 bits per heavy atom. The Balaban J connectivity index is 1.54. The molecule has 5 rings (SSSR count). The van der Waals surface area contributed by atoms with E-state index in [2.05, 4.69) is 72.7 Å². The lowest BCUT2D eigenvalue weighted by molar-refractivity contribution is 0.0985. The normalized spacial score (nSPS) is 17.2. The highest BCUT2D eigenvalue weighted by molar-refractivity contribution is 6.16. The van der Waals surface area contributed by atoms with Gasteiger partial charge in [0.25, 0.3) is 0 Å². The van der Waals surface area contributed by atoms with Crippen LogP contribution in [0.25, 0.3) is 16.3 Å². The fourth-order valence-corrected chi connectivity index (χ4v) is 4.57. The Bertz CT molecular complexity index is 1190. The van der Waals surface area contributed by atoms with Crippen molar-refractivity contribution < 1.29 is 4.79 Å². The number of ketones is 1. The molecule has 0 aliphatic heterocycles. The predicted octanol–water partition coefficient (Wildman–Crippen LogP) is 6.17. The lowest BCUT2D eigenvalue weighted by Crippen LogP contribution is -2.24. The summed E-state index contributed by atoms with van der Waals surface area (Å²) in [5, 5.41) is 5.59. The van der Waals surface area contributed by atoms with E-state index in [1.54, 1.807) is 6.20 Å². The number of hydrogen-bond acceptors (Lipinski definition) is 3. The zero-order chi connectivity index (χ0) is 20.0. The van der Waals surface area contributed by atoms with Gasteiger partial charge in [0.2, 0.25) is 0 Å². The molecule has 0 unspecified atom stereocenters. The van der Waals surface area contributed by atoms with Crippen molar-refractivity contribution in [2.45, 2.75) is 33.2 Å². The van der Waals surface area contributed by atoms with Crippen molar-refractivity contribution in [2.75, 3.05) is 5.32 Å². The van der Waals surface area contributed by atoms with E-state index in [9.17, 15) is 4.79 Å². The zero-order valence-electron chi connectivity index (χ0n) is 16.8. The van der Waals surface area contributed by atoms with Gasteiger partial charge in [-0.15, -0.1) is 0 Å². The smallest absolute Gasteiger partial charge is 0.168 e. The Kier molecular flexibility index (Phi) is 4.13. The fourth-order valence-electron chi connectivity index (χ4n) is 4.57. The summed E-state index contributed by atoms with van der Waals surface area (Å²) in [6.07, 6.45) is 9.63. The summed E-state index contributed by atoms with van der Waals surface area (Å²) < 4.78 is 0. The van der Waals surface area contributed by atoms with E-state index < -0.39 is 0 Å². The topological polar surface area (TPSA) is 42.0 Å². The maximum atomic E-state index is 13.2. The van der Waals surface area contributed by atoms with E-state index >= 15 is 0 Å². The van der Waals surface area contributed by atoms with Crippen LogP contribution in [0, 0.1) is 5.41 Å². The van der Waals surface area contributed by atoms with Gasteiger partial charge >= 0.3 is 0 Å². The Morgan fingerprint density at radius 3 is 2.86 bits per heavy atom. The lowest BCUT2D eigenvalue weighted by Gasteiger charge is -2.35. The molecular weight excluding hydrogens is 356 g/mol. The maximum absolute atomic E-state index is 13.2. The molecule has 2 aromatic carbocycles. The summed E-state index contributed by atoms with van der Waals surface area (Å²) in [4.78, 5) is 17.3. The molecule has 0 saturated carbocycles. The molecule has 0 spiro atoms. The summed E-state index contributed by atoms with van der Waals surface area (Å²) in [5.74, 6) is 0.240. The highest BCUT2D eigenvalue weighted by Gasteiger charge is 2.34. The number of hydrogen-bond donors (Lipinski definition) is 1. The van der Waals surface area contributed by atoms with E-state index in [1.165, 1.54) is 11.1 Å². The number of Topliss-reactive ketones (excluding diaryl/α,β-unsaturated/α-hetero) is 1. The average molecular weight is 380 g/mol. The summed E-state index contributed by atoms with van der Waals surface area (Å²) >= 11 is 0. The Hall–Kier alpha value is -3.20. The number of benzene rings is 2. The minimum atomic E-state index is 0.0481. The van der Waals surface area contributed by atoms with E-state index in [0.29, 0.717) is 6.42 Å². The van der Waals surface area contributed by atoms with Crippen LogP contribution in [0.4, 0.5) is 5.69 Å². The molecule has 0 fully saturated rings. The number of carbonyl (C=O) groups excluding carboxylic acids is 1. The Morgan fingerprint density at radius 1 is 1.14 bits per heavy atom. The lowest BCUT2D eigenvalue weighted by atomic mass is 9.68. The first-order chi connectivity index (χ1) is 14.0. The van der Waals surface area contributed by atoms with E-state index in [1.807, 2.05) is 12.3 Å². The van der Waals surface area contributed by atoms with Crippen LogP contribution >= 0.6 is 0 Å². The van der Waals surface area contributed by atoms with Crippen molar-refractivity contribution in [3.05, 3.63) is 89.3 Å². The van der Waals surface area contributed by atoms with Gasteiger partial charge in [0, 0.05) is 36.6 Å². The number of carbonyl (C=O) groups is 1. The van der Waals surface area contributed by atoms with Gasteiger partial charge in [-0.25, -0.2) is 0 Å². The Labute approximate surface area is 171 Å². The first kappa shape index (κ1) is 17.9. The van der Waals surface area contributed by atoms with Crippen LogP contribution in [-0.2, 0) is 6.54 Å². The van der Waals surface area contributed by atoms with Gasteiger partial charge in [-0.3, -0.25) is 9.78 Å². The van der Waals surface area contributed by atoms with Gasteiger partial charge in [0.15, 0.2) is 5.78 Å². The maximum Gasteiger partial charge on any atom is 0.168 e. The number of rotatable bonds is 3. The van der Waals surface area contributed by atoms with Crippen molar-refractivity contribution >= 4 is 27.8 Å². The minimum absolute atomic E-state index is 0.0481. The van der Waals surface area contributed by atoms with Crippen molar-refractivity contribution in [3.63, 3.8) is 0 Å². The van der Waals surface area contributed by atoms with Crippen molar-refractivity contribution in [2.24, 2.45) is 5.41 Å². The second kappa shape index (κ2) is 6.70. The van der Waals surface area contributed by atoms with Crippen LogP contribution in [0.1, 0.15) is 48.2 Å². The number of aromatic nitrogens is 1. The van der Waals surface area contributed by atoms with Gasteiger partial charge in [-0.05, 0) is 63.1 Å². The van der Waals surface area contributed by atoms with E-state index in [4.69, 9.17) is 0 Å². The molecule has 29 heavy (non-hydrogen) atoms. The summed E-state index contributed by atoms with van der Waals surface area (Å²) in [7, 11) is 0. The van der Waals surface area contributed by atoms with Crippen LogP contribution in [-0.4, -0.2) is 10.8 Å². The molecule has 0 atom stereocenters. The first-order valence-electron chi connectivity index (χ1n) is 10.2. The van der Waals surface area contributed by atoms with Crippen LogP contribution in [0.15, 0.2) is 72.6 Å². The van der Waals surface area contributed by atoms with Crippen molar-refractivity contribution in [1.82, 2.24) is 4.98 Å². The molecule has 144 valence electrons. The van der Waals surface area contributed by atoms with Crippen LogP contribution in [0.2, 0.25) is 0 Å². The third-order valence-electron chi connectivity index (χ3n) is 6.20. The molecule has 1 heterocycles. The molecule has 3 heteroatoms. The van der Waals surface area contributed by atoms with E-state index in [-0.39, 0.29) is 11.2 Å². The molecular formula is C26H24N2O. The number of nitrogens with one attached hydrogen (secondary N) is 1. The van der Waals surface area contributed by atoms with Gasteiger partial charge in [0.1, 0.15) is 0 Å². The molecule has 0 amide bonds. The quantitative estimate of drug-likeness (QED) is 0.590. The fraction of sp³-hybridized carbons (Fsp3) is 0.231. The highest BCUT2D eigenvalue weighted by atomic mass is 16.1. The first-order valence-corrected chi connectivity index (χ1v) is 10.2. The van der Waals surface area contributed by atoms with Gasteiger partial charge in [0.05, 0.1) is 0 Å². The molecule has 1 aromatic heterocycles. The number of allylic oxidation sites excluding steroid dienone is 4. The summed E-state index contributed by atoms with van der Waals surface area (Å²) in [5.41, 5.74) is 6.73. The number of anilines is 1. The van der Waals surface area contributed by atoms with E-state index in [0.717, 1.165) is 46.1 Å². The SMILES string of the molecule is CC1(C)CC=CC2=C1CC(=O)c1c2ccc2cc(NCc3cccnc3)ccc12. The average Bonchev–Trinajstić information content (AvgIpc) is 2.73. The molecule has 0 saturated heterocycles. The minimum Gasteiger partial charge on any atom is -0.381 e. The monoisotopic (exact) mass is 380 g/mol. The molecule has 3 aromatic rings. The van der Waals surface area contributed by atoms with Crippen molar-refractivity contribution in [1.29, 1.82) is 0 Å². The number of nitrogens with zero attached hydrogens (tertiary/aromatic N) is 1. The summed E-state index contributed by atoms with van der Waals surface area (Å²) in [6, 6.07) is 14.5. The molecule has 2 aliphatic carbocycles.